The molecule has 1 N–H and O–H groups in total. The summed E-state index contributed by atoms with van der Waals surface area (Å²) in [6.07, 6.45) is 2.21. The number of aromatic nitrogens is 1. The molecule has 3 rings (SSSR count). The topological polar surface area (TPSA) is 48.5 Å². The minimum atomic E-state index is 0.145. The number of benzene rings is 1. The Kier molecular flexibility index (Phi) is 6.00. The van der Waals surface area contributed by atoms with Crippen molar-refractivity contribution in [2.24, 2.45) is 0 Å². The van der Waals surface area contributed by atoms with Gasteiger partial charge in [0.05, 0.1) is 15.7 Å². The van der Waals surface area contributed by atoms with Crippen molar-refractivity contribution in [1.82, 2.24) is 9.88 Å². The van der Waals surface area contributed by atoms with E-state index in [1.165, 1.54) is 0 Å². The number of carbonyl (C=O) groups excluding carboxylic acids is 1. The van der Waals surface area contributed by atoms with Gasteiger partial charge >= 0.3 is 0 Å². The first-order valence-corrected chi connectivity index (χ1v) is 9.02. The van der Waals surface area contributed by atoms with E-state index in [9.17, 15) is 4.79 Å². The molecular weight excluding hydrogens is 359 g/mol. The average molecular weight is 379 g/mol. The highest BCUT2D eigenvalue weighted by Crippen LogP contribution is 2.29. The van der Waals surface area contributed by atoms with Gasteiger partial charge in [-0.25, -0.2) is 4.98 Å². The zero-order valence-corrected chi connectivity index (χ0v) is 15.3. The van der Waals surface area contributed by atoms with Crippen LogP contribution in [0, 0.1) is 0 Å². The molecule has 1 aliphatic heterocycles. The van der Waals surface area contributed by atoms with Crippen LogP contribution < -0.4 is 10.2 Å². The second-order valence-electron chi connectivity index (χ2n) is 5.83. The molecule has 7 heteroatoms. The van der Waals surface area contributed by atoms with E-state index in [4.69, 9.17) is 23.2 Å². The number of hydrogen-bond acceptors (Lipinski definition) is 4. The van der Waals surface area contributed by atoms with E-state index >= 15 is 0 Å². The summed E-state index contributed by atoms with van der Waals surface area (Å²) >= 11 is 12.1. The molecular formula is C18H20Cl2N4O. The molecule has 25 heavy (non-hydrogen) atoms. The Morgan fingerprint density at radius 3 is 2.60 bits per heavy atom. The molecule has 1 aromatic heterocycles. The number of nitrogens with one attached hydrogen (secondary N) is 1. The maximum absolute atomic E-state index is 12.4. The highest BCUT2D eigenvalue weighted by molar-refractivity contribution is 6.43. The summed E-state index contributed by atoms with van der Waals surface area (Å²) in [5, 5.41) is 4.16. The van der Waals surface area contributed by atoms with Gasteiger partial charge in [0.2, 0.25) is 5.91 Å². The van der Waals surface area contributed by atoms with Crippen molar-refractivity contribution in [2.75, 3.05) is 42.9 Å². The molecule has 0 atom stereocenters. The predicted octanol–water partition coefficient (Wildman–Crippen LogP) is 3.54. The molecule has 0 unspecified atom stereocenters. The smallest absolute Gasteiger partial charge is 0.224 e. The quantitative estimate of drug-likeness (QED) is 0.864. The molecule has 2 heterocycles. The Hall–Kier alpha value is -1.98. The molecule has 0 bridgehead atoms. The lowest BCUT2D eigenvalue weighted by molar-refractivity contribution is -0.131. The van der Waals surface area contributed by atoms with Crippen LogP contribution in [0.15, 0.2) is 42.6 Å². The van der Waals surface area contributed by atoms with Gasteiger partial charge in [-0.1, -0.05) is 35.3 Å². The van der Waals surface area contributed by atoms with Crippen molar-refractivity contribution in [3.05, 3.63) is 52.6 Å². The molecule has 0 spiro atoms. The Morgan fingerprint density at radius 2 is 1.88 bits per heavy atom. The van der Waals surface area contributed by atoms with Crippen LogP contribution in [-0.4, -0.2) is 48.5 Å². The van der Waals surface area contributed by atoms with Crippen molar-refractivity contribution in [1.29, 1.82) is 0 Å². The molecule has 1 aliphatic rings. The van der Waals surface area contributed by atoms with Crippen LogP contribution in [0.5, 0.6) is 0 Å². The Labute approximate surface area is 157 Å². The van der Waals surface area contributed by atoms with Crippen molar-refractivity contribution in [2.45, 2.75) is 6.42 Å². The van der Waals surface area contributed by atoms with Crippen molar-refractivity contribution < 1.29 is 4.79 Å². The van der Waals surface area contributed by atoms with Gasteiger partial charge in [-0.3, -0.25) is 4.79 Å². The molecule has 0 radical (unpaired) electrons. The van der Waals surface area contributed by atoms with Crippen LogP contribution in [0.3, 0.4) is 0 Å². The van der Waals surface area contributed by atoms with Gasteiger partial charge < -0.3 is 15.1 Å². The van der Waals surface area contributed by atoms with Crippen LogP contribution in [0.2, 0.25) is 10.0 Å². The maximum atomic E-state index is 12.4. The number of nitrogens with zero attached hydrogens (tertiary/aromatic N) is 3. The summed E-state index contributed by atoms with van der Waals surface area (Å²) in [5.41, 5.74) is 0.752. The lowest BCUT2D eigenvalue weighted by Crippen LogP contribution is -2.49. The molecule has 1 saturated heterocycles. The van der Waals surface area contributed by atoms with Gasteiger partial charge in [-0.05, 0) is 24.3 Å². The van der Waals surface area contributed by atoms with Crippen LogP contribution in [-0.2, 0) is 4.79 Å². The fourth-order valence-corrected chi connectivity index (χ4v) is 3.20. The van der Waals surface area contributed by atoms with Crippen molar-refractivity contribution >= 4 is 40.6 Å². The SMILES string of the molecule is O=C(CCNc1cccc(Cl)c1Cl)N1CCN(c2ccccn2)CC1. The number of carbonyl (C=O) groups is 1. The normalized spacial score (nSPS) is 14.5. The van der Waals surface area contributed by atoms with E-state index in [-0.39, 0.29) is 5.91 Å². The summed E-state index contributed by atoms with van der Waals surface area (Å²) in [7, 11) is 0. The molecule has 0 aliphatic carbocycles. The van der Waals surface area contributed by atoms with Gasteiger partial charge in [0.1, 0.15) is 5.82 Å². The van der Waals surface area contributed by atoms with Crippen molar-refractivity contribution in [3.63, 3.8) is 0 Å². The number of halogens is 2. The van der Waals surface area contributed by atoms with Gasteiger partial charge in [0.25, 0.3) is 0 Å². The Bertz CT molecular complexity index is 718. The van der Waals surface area contributed by atoms with Crippen LogP contribution in [0.25, 0.3) is 0 Å². The summed E-state index contributed by atoms with van der Waals surface area (Å²) in [5.74, 6) is 1.11. The van der Waals surface area contributed by atoms with Crippen LogP contribution in [0.4, 0.5) is 11.5 Å². The third kappa shape index (κ3) is 4.55. The lowest BCUT2D eigenvalue weighted by Gasteiger charge is -2.35. The van der Waals surface area contributed by atoms with Crippen molar-refractivity contribution in [3.8, 4) is 0 Å². The molecule has 0 saturated carbocycles. The van der Waals surface area contributed by atoms with E-state index in [0.29, 0.717) is 36.1 Å². The minimum absolute atomic E-state index is 0.145. The number of rotatable bonds is 5. The summed E-state index contributed by atoms with van der Waals surface area (Å²) < 4.78 is 0. The van der Waals surface area contributed by atoms with Gasteiger partial charge in [0, 0.05) is 45.3 Å². The van der Waals surface area contributed by atoms with Crippen LogP contribution >= 0.6 is 23.2 Å². The van der Waals surface area contributed by atoms with E-state index in [1.807, 2.05) is 35.2 Å². The predicted molar refractivity (Wildman–Crippen MR) is 103 cm³/mol. The molecule has 1 aromatic carbocycles. The minimum Gasteiger partial charge on any atom is -0.383 e. The van der Waals surface area contributed by atoms with E-state index in [1.54, 1.807) is 12.3 Å². The first kappa shape index (κ1) is 17.8. The number of hydrogen-bond donors (Lipinski definition) is 1. The fraction of sp³-hybridized carbons (Fsp3) is 0.333. The van der Waals surface area contributed by atoms with Gasteiger partial charge in [-0.15, -0.1) is 0 Å². The first-order valence-electron chi connectivity index (χ1n) is 8.27. The number of piperazine rings is 1. The third-order valence-electron chi connectivity index (χ3n) is 4.21. The van der Waals surface area contributed by atoms with E-state index in [0.717, 1.165) is 24.6 Å². The van der Waals surface area contributed by atoms with E-state index < -0.39 is 0 Å². The highest BCUT2D eigenvalue weighted by atomic mass is 35.5. The zero-order valence-electron chi connectivity index (χ0n) is 13.8. The first-order chi connectivity index (χ1) is 12.1. The third-order valence-corrected chi connectivity index (χ3v) is 5.03. The summed E-state index contributed by atoms with van der Waals surface area (Å²) in [4.78, 5) is 20.8. The standard InChI is InChI=1S/C18H20Cl2N4O/c19-14-4-3-5-15(18(14)20)21-9-7-17(25)24-12-10-23(11-13-24)16-6-1-2-8-22-16/h1-6,8,21H,7,9-13H2. The highest BCUT2D eigenvalue weighted by Gasteiger charge is 2.21. The average Bonchev–Trinajstić information content (AvgIpc) is 2.66. The molecule has 1 fully saturated rings. The molecule has 2 aromatic rings. The van der Waals surface area contributed by atoms with Gasteiger partial charge in [0.15, 0.2) is 0 Å². The Balaban J connectivity index is 1.44. The second kappa shape index (κ2) is 8.41. The summed E-state index contributed by atoms with van der Waals surface area (Å²) in [6, 6.07) is 11.3. The lowest BCUT2D eigenvalue weighted by atomic mass is 10.2. The number of amides is 1. The summed E-state index contributed by atoms with van der Waals surface area (Å²) in [6.45, 7) is 3.56. The fourth-order valence-electron chi connectivity index (χ4n) is 2.83. The number of anilines is 2. The maximum Gasteiger partial charge on any atom is 0.224 e. The Morgan fingerprint density at radius 1 is 1.08 bits per heavy atom. The zero-order chi connectivity index (χ0) is 17.6. The largest absolute Gasteiger partial charge is 0.383 e. The van der Waals surface area contributed by atoms with Crippen LogP contribution in [0.1, 0.15) is 6.42 Å². The molecule has 132 valence electrons. The van der Waals surface area contributed by atoms with Gasteiger partial charge in [-0.2, -0.15) is 0 Å². The second-order valence-corrected chi connectivity index (χ2v) is 6.62. The number of pyridine rings is 1. The van der Waals surface area contributed by atoms with E-state index in [2.05, 4.69) is 15.2 Å². The molecule has 1 amide bonds. The molecule has 5 nitrogen and oxygen atoms in total. The monoisotopic (exact) mass is 378 g/mol.